The lowest BCUT2D eigenvalue weighted by atomic mass is 10.1. The third-order valence-corrected chi connectivity index (χ3v) is 8.80. The van der Waals surface area contributed by atoms with Crippen LogP contribution in [0.15, 0.2) is 109 Å². The van der Waals surface area contributed by atoms with E-state index in [1.807, 2.05) is 17.9 Å². The van der Waals surface area contributed by atoms with Crippen molar-refractivity contribution in [2.75, 3.05) is 32.8 Å². The molecule has 11 heteroatoms. The molecule has 1 saturated heterocycles. The van der Waals surface area contributed by atoms with Gasteiger partial charge in [0.1, 0.15) is 29.7 Å². The van der Waals surface area contributed by atoms with Gasteiger partial charge in [-0.25, -0.2) is 13.8 Å². The molecule has 7 nitrogen and oxygen atoms in total. The smallest absolute Gasteiger partial charge is 0.246 e. The fourth-order valence-electron chi connectivity index (χ4n) is 5.66. The van der Waals surface area contributed by atoms with Crippen molar-refractivity contribution in [2.45, 2.75) is 26.5 Å². The molecule has 0 saturated carbocycles. The Morgan fingerprint density at radius 2 is 1.58 bits per heavy atom. The summed E-state index contributed by atoms with van der Waals surface area (Å²) in [6, 6.07) is 28.0. The van der Waals surface area contributed by atoms with E-state index < -0.39 is 0 Å². The van der Waals surface area contributed by atoms with Crippen molar-refractivity contribution >= 4 is 36.0 Å². The number of ether oxygens (including phenoxy) is 3. The van der Waals surface area contributed by atoms with Crippen LogP contribution in [0.2, 0.25) is 5.02 Å². The van der Waals surface area contributed by atoms with Gasteiger partial charge >= 0.3 is 0 Å². The molecule has 1 aliphatic heterocycles. The molecule has 52 heavy (non-hydrogen) atoms. The second kappa shape index (κ2) is 18.5. The number of aryl methyl sites for hydroxylation is 1. The van der Waals surface area contributed by atoms with Crippen molar-refractivity contribution in [3.05, 3.63) is 154 Å². The number of carbonyl (C=O) groups excluding carboxylic acids is 1. The minimum atomic E-state index is -0.323. The Kier molecular flexibility index (Phi) is 13.6. The first kappa shape index (κ1) is 38.3. The lowest BCUT2D eigenvalue weighted by Crippen LogP contribution is -2.47. The molecule has 0 spiro atoms. The average Bonchev–Trinajstić information content (AvgIpc) is 3.14. The maximum atomic E-state index is 13.9. The summed E-state index contributed by atoms with van der Waals surface area (Å²) >= 11 is 6.59. The van der Waals surface area contributed by atoms with Crippen molar-refractivity contribution < 1.29 is 27.8 Å². The van der Waals surface area contributed by atoms with E-state index in [0.717, 1.165) is 37.2 Å². The molecule has 4 aromatic carbocycles. The fourth-order valence-corrected chi connectivity index (χ4v) is 5.98. The van der Waals surface area contributed by atoms with Crippen LogP contribution in [0, 0.1) is 18.6 Å². The van der Waals surface area contributed by atoms with Gasteiger partial charge in [0, 0.05) is 56.9 Å². The SMILES string of the molecule is Cc1cc(C=CC(=O)N2CCN(Cc3ccc(CCOc4ccc(F)cc4)cc3)CC2)cc(Cl)c1Oc1ccc(OCc2ccccc2F)cn1.Cl. The number of piperazine rings is 1. The number of rotatable bonds is 13. The largest absolute Gasteiger partial charge is 0.493 e. The number of hydrogen-bond donors (Lipinski definition) is 0. The van der Waals surface area contributed by atoms with E-state index in [1.54, 1.807) is 60.7 Å². The number of halogens is 4. The zero-order valence-electron chi connectivity index (χ0n) is 28.6. The Bertz CT molecular complexity index is 1930. The molecule has 0 N–H and O–H groups in total. The van der Waals surface area contributed by atoms with Crippen LogP contribution in [0.4, 0.5) is 8.78 Å². The summed E-state index contributed by atoms with van der Waals surface area (Å²) in [5.74, 6) is 1.29. The molecule has 0 radical (unpaired) electrons. The van der Waals surface area contributed by atoms with Crippen molar-refractivity contribution in [1.29, 1.82) is 0 Å². The molecule has 0 aliphatic carbocycles. The van der Waals surface area contributed by atoms with Gasteiger partial charge in [0.25, 0.3) is 0 Å². The highest BCUT2D eigenvalue weighted by molar-refractivity contribution is 6.32. The van der Waals surface area contributed by atoms with Gasteiger partial charge in [-0.05, 0) is 83.8 Å². The fraction of sp³-hybridized carbons (Fsp3) is 0.220. The van der Waals surface area contributed by atoms with Crippen LogP contribution in [-0.2, 0) is 24.4 Å². The van der Waals surface area contributed by atoms with Gasteiger partial charge in [-0.2, -0.15) is 0 Å². The second-order valence-electron chi connectivity index (χ2n) is 12.3. The molecule has 5 aromatic rings. The van der Waals surface area contributed by atoms with Crippen molar-refractivity contribution in [3.8, 4) is 23.1 Å². The molecule has 1 aliphatic rings. The summed E-state index contributed by atoms with van der Waals surface area (Å²) in [6.45, 7) is 6.18. The van der Waals surface area contributed by atoms with Gasteiger partial charge in [-0.1, -0.05) is 54.1 Å². The molecule has 0 unspecified atom stereocenters. The number of amides is 1. The van der Waals surface area contributed by atoms with Crippen LogP contribution < -0.4 is 14.2 Å². The Balaban J connectivity index is 0.00000523. The molecule has 0 atom stereocenters. The van der Waals surface area contributed by atoms with Crippen molar-refractivity contribution in [2.24, 2.45) is 0 Å². The topological polar surface area (TPSA) is 64.1 Å². The lowest BCUT2D eigenvalue weighted by molar-refractivity contribution is -0.127. The lowest BCUT2D eigenvalue weighted by Gasteiger charge is -2.34. The molecule has 1 amide bonds. The van der Waals surface area contributed by atoms with Crippen LogP contribution in [0.5, 0.6) is 23.1 Å². The van der Waals surface area contributed by atoms with E-state index in [4.69, 9.17) is 25.8 Å². The maximum Gasteiger partial charge on any atom is 0.246 e. The first-order valence-corrected chi connectivity index (χ1v) is 17.1. The Morgan fingerprint density at radius 1 is 0.865 bits per heavy atom. The van der Waals surface area contributed by atoms with Crippen molar-refractivity contribution in [3.63, 3.8) is 0 Å². The van der Waals surface area contributed by atoms with E-state index in [2.05, 4.69) is 34.1 Å². The standard InChI is InChI=1S/C41H38ClF2N3O4.ClH/c1-29-24-32(25-37(42)41(29)51-39-16-15-36(26-45-39)50-28-33-4-2-3-5-38(33)44)10-17-40(48)47-21-19-46(20-22-47)27-31-8-6-30(7-9-31)18-23-49-35-13-11-34(43)12-14-35;/h2-17,24-26H,18-23,27-28H2,1H3;1H. The van der Waals surface area contributed by atoms with Gasteiger partial charge < -0.3 is 19.1 Å². The highest BCUT2D eigenvalue weighted by Crippen LogP contribution is 2.34. The van der Waals surface area contributed by atoms with Crippen LogP contribution in [0.1, 0.15) is 27.8 Å². The highest BCUT2D eigenvalue weighted by atomic mass is 35.5. The van der Waals surface area contributed by atoms with Crippen LogP contribution in [0.3, 0.4) is 0 Å². The molecule has 1 fully saturated rings. The van der Waals surface area contributed by atoms with Crippen LogP contribution in [0.25, 0.3) is 6.08 Å². The second-order valence-corrected chi connectivity index (χ2v) is 12.7. The summed E-state index contributed by atoms with van der Waals surface area (Å²) in [5, 5.41) is 0.392. The van der Waals surface area contributed by atoms with E-state index in [0.29, 0.717) is 53.4 Å². The van der Waals surface area contributed by atoms with Gasteiger partial charge in [0.15, 0.2) is 5.75 Å². The van der Waals surface area contributed by atoms with E-state index in [1.165, 1.54) is 35.5 Å². The highest BCUT2D eigenvalue weighted by Gasteiger charge is 2.20. The Morgan fingerprint density at radius 3 is 2.27 bits per heavy atom. The third kappa shape index (κ3) is 10.8. The number of pyridine rings is 1. The van der Waals surface area contributed by atoms with Crippen LogP contribution in [-0.4, -0.2) is 53.5 Å². The Labute approximate surface area is 313 Å². The monoisotopic (exact) mass is 745 g/mol. The third-order valence-electron chi connectivity index (χ3n) is 8.52. The minimum absolute atomic E-state index is 0. The first-order chi connectivity index (χ1) is 24.8. The molecular formula is C41H39Cl2F2N3O4. The number of aromatic nitrogens is 1. The first-order valence-electron chi connectivity index (χ1n) is 16.7. The zero-order valence-corrected chi connectivity index (χ0v) is 30.2. The minimum Gasteiger partial charge on any atom is -0.493 e. The summed E-state index contributed by atoms with van der Waals surface area (Å²) in [4.78, 5) is 21.5. The number of nitrogens with zero attached hydrogens (tertiary/aromatic N) is 3. The molecule has 1 aromatic heterocycles. The molecule has 0 bridgehead atoms. The van der Waals surface area contributed by atoms with E-state index in [9.17, 15) is 13.6 Å². The zero-order chi connectivity index (χ0) is 35.6. The number of benzene rings is 4. The quantitative estimate of drug-likeness (QED) is 0.112. The Hall–Kier alpha value is -4.96. The van der Waals surface area contributed by atoms with Gasteiger partial charge in [-0.3, -0.25) is 9.69 Å². The summed E-state index contributed by atoms with van der Waals surface area (Å²) < 4.78 is 44.2. The average molecular weight is 747 g/mol. The molecule has 6 rings (SSSR count). The van der Waals surface area contributed by atoms with Crippen LogP contribution >= 0.6 is 24.0 Å². The number of carbonyl (C=O) groups is 1. The molecule has 270 valence electrons. The number of hydrogen-bond acceptors (Lipinski definition) is 6. The summed E-state index contributed by atoms with van der Waals surface area (Å²) in [6.07, 6.45) is 5.63. The van der Waals surface area contributed by atoms with E-state index in [-0.39, 0.29) is 36.6 Å². The normalized spacial score (nSPS) is 13.1. The van der Waals surface area contributed by atoms with Gasteiger partial charge in [-0.15, -0.1) is 12.4 Å². The molecular weight excluding hydrogens is 707 g/mol. The maximum absolute atomic E-state index is 13.9. The van der Waals surface area contributed by atoms with Gasteiger partial charge in [0.2, 0.25) is 11.8 Å². The molecule has 2 heterocycles. The summed E-state index contributed by atoms with van der Waals surface area (Å²) in [5.41, 5.74) is 4.42. The summed E-state index contributed by atoms with van der Waals surface area (Å²) in [7, 11) is 0. The van der Waals surface area contributed by atoms with Gasteiger partial charge in [0.05, 0.1) is 17.8 Å². The predicted octanol–water partition coefficient (Wildman–Crippen LogP) is 9.09. The van der Waals surface area contributed by atoms with Crippen molar-refractivity contribution in [1.82, 2.24) is 14.8 Å². The predicted molar refractivity (Wildman–Crippen MR) is 201 cm³/mol. The van der Waals surface area contributed by atoms with E-state index >= 15 is 0 Å².